The maximum absolute atomic E-state index is 6.22. The van der Waals surface area contributed by atoms with Crippen LogP contribution in [0.3, 0.4) is 0 Å². The van der Waals surface area contributed by atoms with Gasteiger partial charge in [0, 0.05) is 11.1 Å². The predicted molar refractivity (Wildman–Crippen MR) is 84.4 cm³/mol. The molecule has 0 aromatic heterocycles. The van der Waals surface area contributed by atoms with Crippen molar-refractivity contribution in [3.05, 3.63) is 64.7 Å². The first-order valence-electron chi connectivity index (χ1n) is 6.78. The highest BCUT2D eigenvalue weighted by Gasteiger charge is 2.15. The summed E-state index contributed by atoms with van der Waals surface area (Å²) >= 11 is 5.94. The van der Waals surface area contributed by atoms with Gasteiger partial charge in [0.2, 0.25) is 0 Å². The van der Waals surface area contributed by atoms with E-state index < -0.39 is 0 Å². The normalized spacial score (nSPS) is 13.8. The summed E-state index contributed by atoms with van der Waals surface area (Å²) in [6, 6.07) is 15.8. The lowest BCUT2D eigenvalue weighted by Gasteiger charge is -2.21. The molecule has 0 heterocycles. The first kappa shape index (κ1) is 14.9. The number of nitrogens with two attached hydrogens (primary N) is 1. The Morgan fingerprint density at radius 2 is 1.85 bits per heavy atom. The molecule has 0 saturated carbocycles. The zero-order valence-electron chi connectivity index (χ0n) is 11.8. The van der Waals surface area contributed by atoms with Crippen molar-refractivity contribution in [1.82, 2.24) is 0 Å². The lowest BCUT2D eigenvalue weighted by atomic mass is 10.0. The largest absolute Gasteiger partial charge is 0.489 e. The Kier molecular flexibility index (Phi) is 5.05. The molecule has 2 rings (SSSR count). The molecule has 0 radical (unpaired) electrons. The van der Waals surface area contributed by atoms with E-state index in [2.05, 4.69) is 31.2 Å². The van der Waals surface area contributed by atoms with Gasteiger partial charge in [-0.1, -0.05) is 47.5 Å². The summed E-state index contributed by atoms with van der Waals surface area (Å²) in [5, 5.41) is 0.668. The van der Waals surface area contributed by atoms with Crippen LogP contribution in [0.4, 0.5) is 0 Å². The molecule has 0 aliphatic rings. The summed E-state index contributed by atoms with van der Waals surface area (Å²) < 4.78 is 5.84. The van der Waals surface area contributed by atoms with Crippen LogP contribution in [0.25, 0.3) is 0 Å². The van der Waals surface area contributed by atoms with Crippen LogP contribution in [0, 0.1) is 6.92 Å². The first-order valence-corrected chi connectivity index (χ1v) is 7.16. The molecule has 2 aromatic carbocycles. The minimum Gasteiger partial charge on any atom is -0.489 e. The average Bonchev–Trinajstić information content (AvgIpc) is 2.41. The van der Waals surface area contributed by atoms with Gasteiger partial charge < -0.3 is 10.5 Å². The van der Waals surface area contributed by atoms with Gasteiger partial charge >= 0.3 is 0 Å². The lowest BCUT2D eigenvalue weighted by Crippen LogP contribution is -2.38. The van der Waals surface area contributed by atoms with Crippen LogP contribution in [0.2, 0.25) is 5.02 Å². The second-order valence-corrected chi connectivity index (χ2v) is 5.57. The molecule has 0 spiro atoms. The third kappa shape index (κ3) is 4.26. The molecule has 106 valence electrons. The molecule has 20 heavy (non-hydrogen) atoms. The highest BCUT2D eigenvalue weighted by molar-refractivity contribution is 6.30. The van der Waals surface area contributed by atoms with Crippen molar-refractivity contribution in [2.24, 2.45) is 5.73 Å². The van der Waals surface area contributed by atoms with E-state index in [1.807, 2.05) is 25.1 Å². The topological polar surface area (TPSA) is 35.2 Å². The Morgan fingerprint density at radius 1 is 1.15 bits per heavy atom. The Morgan fingerprint density at radius 3 is 2.50 bits per heavy atom. The maximum atomic E-state index is 6.22. The van der Waals surface area contributed by atoms with E-state index in [4.69, 9.17) is 22.1 Å². The van der Waals surface area contributed by atoms with E-state index >= 15 is 0 Å². The standard InChI is InChI=1S/C17H20ClNO/c1-12-6-8-14(9-7-12)10-17(19)13(2)20-16-5-3-4-15(18)11-16/h3-9,11,13,17H,10,19H2,1-2H3. The number of aryl methyl sites for hydroxylation is 1. The van der Waals surface area contributed by atoms with Crippen molar-refractivity contribution < 1.29 is 4.74 Å². The fourth-order valence-corrected chi connectivity index (χ4v) is 2.18. The Hall–Kier alpha value is -1.51. The van der Waals surface area contributed by atoms with E-state index in [1.165, 1.54) is 11.1 Å². The summed E-state index contributed by atoms with van der Waals surface area (Å²) in [5.74, 6) is 0.754. The molecule has 0 aliphatic heterocycles. The smallest absolute Gasteiger partial charge is 0.121 e. The SMILES string of the molecule is Cc1ccc(CC(N)C(C)Oc2cccc(Cl)c2)cc1. The minimum absolute atomic E-state index is 0.0586. The van der Waals surface area contributed by atoms with Gasteiger partial charge in [-0.3, -0.25) is 0 Å². The van der Waals surface area contributed by atoms with E-state index in [-0.39, 0.29) is 12.1 Å². The van der Waals surface area contributed by atoms with E-state index in [1.54, 1.807) is 6.07 Å². The second kappa shape index (κ2) is 6.78. The first-order chi connectivity index (χ1) is 9.54. The summed E-state index contributed by atoms with van der Waals surface area (Å²) in [4.78, 5) is 0. The van der Waals surface area contributed by atoms with Crippen LogP contribution in [0.5, 0.6) is 5.75 Å². The van der Waals surface area contributed by atoms with Gasteiger partial charge in [0.1, 0.15) is 11.9 Å². The van der Waals surface area contributed by atoms with E-state index in [9.17, 15) is 0 Å². The van der Waals surface area contributed by atoms with Crippen molar-refractivity contribution in [1.29, 1.82) is 0 Å². The fraction of sp³-hybridized carbons (Fsp3) is 0.294. The molecule has 2 unspecified atom stereocenters. The number of halogens is 1. The van der Waals surface area contributed by atoms with Crippen molar-refractivity contribution in [3.63, 3.8) is 0 Å². The lowest BCUT2D eigenvalue weighted by molar-refractivity contribution is 0.189. The molecule has 2 nitrogen and oxygen atoms in total. The van der Waals surface area contributed by atoms with Gasteiger partial charge in [0.05, 0.1) is 0 Å². The average molecular weight is 290 g/mol. The predicted octanol–water partition coefficient (Wildman–Crippen LogP) is 3.99. The molecule has 0 amide bonds. The fourth-order valence-electron chi connectivity index (χ4n) is 2.00. The molecule has 2 aromatic rings. The summed E-state index contributed by atoms with van der Waals surface area (Å²) in [6.45, 7) is 4.06. The monoisotopic (exact) mass is 289 g/mol. The van der Waals surface area contributed by atoms with Gasteiger partial charge in [-0.25, -0.2) is 0 Å². The summed E-state index contributed by atoms with van der Waals surface area (Å²) in [7, 11) is 0. The van der Waals surface area contributed by atoms with Gasteiger partial charge in [0.25, 0.3) is 0 Å². The molecule has 0 bridgehead atoms. The number of hydrogen-bond donors (Lipinski definition) is 1. The molecule has 2 atom stereocenters. The van der Waals surface area contributed by atoms with Crippen LogP contribution < -0.4 is 10.5 Å². The highest BCUT2D eigenvalue weighted by atomic mass is 35.5. The number of benzene rings is 2. The molecule has 2 N–H and O–H groups in total. The zero-order chi connectivity index (χ0) is 14.5. The Bertz CT molecular complexity index is 553. The molecule has 3 heteroatoms. The van der Waals surface area contributed by atoms with Gasteiger partial charge in [-0.15, -0.1) is 0 Å². The second-order valence-electron chi connectivity index (χ2n) is 5.13. The summed E-state index contributed by atoms with van der Waals surface area (Å²) in [5.41, 5.74) is 8.70. The molecular weight excluding hydrogens is 270 g/mol. The maximum Gasteiger partial charge on any atom is 0.121 e. The Labute approximate surface area is 125 Å². The zero-order valence-corrected chi connectivity index (χ0v) is 12.6. The van der Waals surface area contributed by atoms with E-state index in [0.29, 0.717) is 5.02 Å². The number of hydrogen-bond acceptors (Lipinski definition) is 2. The summed E-state index contributed by atoms with van der Waals surface area (Å²) in [6.07, 6.45) is 0.719. The molecule has 0 saturated heterocycles. The molecule has 0 fully saturated rings. The van der Waals surface area contributed by atoms with Gasteiger partial charge in [-0.2, -0.15) is 0 Å². The quantitative estimate of drug-likeness (QED) is 0.903. The van der Waals surface area contributed by atoms with Crippen LogP contribution in [-0.4, -0.2) is 12.1 Å². The molecule has 0 aliphatic carbocycles. The van der Waals surface area contributed by atoms with Crippen molar-refractivity contribution in [3.8, 4) is 5.75 Å². The molecular formula is C17H20ClNO. The minimum atomic E-state index is -0.0743. The number of ether oxygens (including phenoxy) is 1. The van der Waals surface area contributed by atoms with Crippen LogP contribution >= 0.6 is 11.6 Å². The van der Waals surface area contributed by atoms with Gasteiger partial charge in [-0.05, 0) is 44.0 Å². The Balaban J connectivity index is 1.94. The highest BCUT2D eigenvalue weighted by Crippen LogP contribution is 2.19. The van der Waals surface area contributed by atoms with Crippen molar-refractivity contribution >= 4 is 11.6 Å². The third-order valence-electron chi connectivity index (χ3n) is 3.31. The van der Waals surface area contributed by atoms with Crippen molar-refractivity contribution in [2.45, 2.75) is 32.4 Å². The third-order valence-corrected chi connectivity index (χ3v) is 3.55. The van der Waals surface area contributed by atoms with Gasteiger partial charge in [0.15, 0.2) is 0 Å². The van der Waals surface area contributed by atoms with Crippen LogP contribution in [-0.2, 0) is 6.42 Å². The van der Waals surface area contributed by atoms with Crippen LogP contribution in [0.1, 0.15) is 18.1 Å². The van der Waals surface area contributed by atoms with Crippen LogP contribution in [0.15, 0.2) is 48.5 Å². The van der Waals surface area contributed by atoms with Crippen molar-refractivity contribution in [2.75, 3.05) is 0 Å². The van der Waals surface area contributed by atoms with E-state index in [0.717, 1.165) is 12.2 Å². The number of rotatable bonds is 5.